The lowest BCUT2D eigenvalue weighted by atomic mass is 10.1. The van der Waals surface area contributed by atoms with Gasteiger partial charge in [0.25, 0.3) is 0 Å². The molecular formula is C9H13ClN4O3. The van der Waals surface area contributed by atoms with E-state index in [1.54, 1.807) is 0 Å². The topological polar surface area (TPSA) is 97.2 Å². The second-order valence-corrected chi connectivity index (χ2v) is 3.60. The van der Waals surface area contributed by atoms with Gasteiger partial charge in [-0.1, -0.05) is 6.92 Å². The van der Waals surface area contributed by atoms with Crippen LogP contribution in [0.2, 0.25) is 5.28 Å². The van der Waals surface area contributed by atoms with Crippen molar-refractivity contribution in [1.29, 1.82) is 0 Å². The zero-order valence-electron chi connectivity index (χ0n) is 9.47. The van der Waals surface area contributed by atoms with E-state index >= 15 is 0 Å². The number of carbonyl (C=O) groups is 1. The Hall–Kier alpha value is -1.63. The van der Waals surface area contributed by atoms with Crippen molar-refractivity contribution in [2.45, 2.75) is 25.8 Å². The molecule has 1 aromatic heterocycles. The number of rotatable bonds is 6. The minimum atomic E-state index is -0.892. The summed E-state index contributed by atoms with van der Waals surface area (Å²) in [5, 5.41) is 11.6. The number of methoxy groups -OCH3 is 1. The summed E-state index contributed by atoms with van der Waals surface area (Å²) < 4.78 is 4.83. The molecule has 1 rings (SSSR count). The van der Waals surface area contributed by atoms with Crippen LogP contribution in [0.1, 0.15) is 19.8 Å². The highest BCUT2D eigenvalue weighted by molar-refractivity contribution is 6.28. The van der Waals surface area contributed by atoms with E-state index in [0.29, 0.717) is 6.42 Å². The normalized spacial score (nSPS) is 11.9. The predicted octanol–water partition coefficient (Wildman–Crippen LogP) is 1.20. The van der Waals surface area contributed by atoms with Crippen LogP contribution in [0, 0.1) is 0 Å². The molecule has 1 aromatic rings. The molecule has 0 radical (unpaired) electrons. The van der Waals surface area contributed by atoms with E-state index in [4.69, 9.17) is 21.4 Å². The zero-order valence-corrected chi connectivity index (χ0v) is 10.2. The Bertz CT molecular complexity index is 402. The van der Waals surface area contributed by atoms with Gasteiger partial charge < -0.3 is 15.2 Å². The molecule has 0 saturated heterocycles. The molecule has 2 N–H and O–H groups in total. The van der Waals surface area contributed by atoms with Gasteiger partial charge in [0.15, 0.2) is 0 Å². The van der Waals surface area contributed by atoms with Gasteiger partial charge in [-0.3, -0.25) is 4.79 Å². The lowest BCUT2D eigenvalue weighted by Crippen LogP contribution is -2.23. The Labute approximate surface area is 103 Å². The van der Waals surface area contributed by atoms with E-state index in [0.717, 1.165) is 0 Å². The molecular weight excluding hydrogens is 248 g/mol. The molecule has 0 aliphatic rings. The first-order valence-corrected chi connectivity index (χ1v) is 5.36. The van der Waals surface area contributed by atoms with Gasteiger partial charge in [0, 0.05) is 6.04 Å². The molecule has 8 heteroatoms. The molecule has 17 heavy (non-hydrogen) atoms. The third-order valence-electron chi connectivity index (χ3n) is 2.02. The van der Waals surface area contributed by atoms with E-state index in [1.807, 2.05) is 6.92 Å². The summed E-state index contributed by atoms with van der Waals surface area (Å²) in [5.41, 5.74) is 0. The molecule has 0 amide bonds. The highest BCUT2D eigenvalue weighted by Gasteiger charge is 2.13. The Morgan fingerprint density at radius 1 is 1.53 bits per heavy atom. The van der Waals surface area contributed by atoms with E-state index in [-0.39, 0.29) is 29.7 Å². The van der Waals surface area contributed by atoms with Crippen LogP contribution in [-0.4, -0.2) is 39.2 Å². The van der Waals surface area contributed by atoms with Crippen molar-refractivity contribution in [2.75, 3.05) is 12.4 Å². The van der Waals surface area contributed by atoms with Gasteiger partial charge in [-0.2, -0.15) is 15.0 Å². The fraction of sp³-hybridized carbons (Fsp3) is 0.556. The lowest BCUT2D eigenvalue weighted by Gasteiger charge is -2.14. The molecule has 7 nitrogen and oxygen atoms in total. The van der Waals surface area contributed by atoms with Crippen molar-refractivity contribution in [3.8, 4) is 6.01 Å². The van der Waals surface area contributed by atoms with Gasteiger partial charge >= 0.3 is 12.0 Å². The third-order valence-corrected chi connectivity index (χ3v) is 2.19. The first kappa shape index (κ1) is 13.4. The second-order valence-electron chi connectivity index (χ2n) is 3.26. The van der Waals surface area contributed by atoms with Crippen LogP contribution in [0.3, 0.4) is 0 Å². The fourth-order valence-electron chi connectivity index (χ4n) is 1.18. The van der Waals surface area contributed by atoms with Crippen molar-refractivity contribution in [1.82, 2.24) is 15.0 Å². The number of carboxylic acids is 1. The Morgan fingerprint density at radius 3 is 2.76 bits per heavy atom. The maximum atomic E-state index is 10.6. The number of ether oxygens (including phenoxy) is 1. The zero-order chi connectivity index (χ0) is 12.8. The smallest absolute Gasteiger partial charge is 0.322 e. The first-order valence-electron chi connectivity index (χ1n) is 4.99. The monoisotopic (exact) mass is 260 g/mol. The third kappa shape index (κ3) is 4.39. The summed E-state index contributed by atoms with van der Waals surface area (Å²) in [4.78, 5) is 22.1. The summed E-state index contributed by atoms with van der Waals surface area (Å²) in [6.07, 6.45) is 0.597. The maximum absolute atomic E-state index is 10.6. The molecule has 0 saturated carbocycles. The van der Waals surface area contributed by atoms with Crippen molar-refractivity contribution in [3.63, 3.8) is 0 Å². The van der Waals surface area contributed by atoms with E-state index in [2.05, 4.69) is 20.3 Å². The molecule has 1 heterocycles. The molecule has 0 bridgehead atoms. The van der Waals surface area contributed by atoms with Crippen LogP contribution in [0.4, 0.5) is 5.95 Å². The Balaban J connectivity index is 2.78. The molecule has 1 atom stereocenters. The summed E-state index contributed by atoms with van der Waals surface area (Å²) in [5.74, 6) is -0.689. The summed E-state index contributed by atoms with van der Waals surface area (Å²) >= 11 is 5.66. The number of aromatic nitrogens is 3. The number of carboxylic acid groups (broad SMARTS) is 1. The largest absolute Gasteiger partial charge is 0.481 e. The second kappa shape index (κ2) is 6.19. The minimum Gasteiger partial charge on any atom is -0.481 e. The van der Waals surface area contributed by atoms with Gasteiger partial charge in [-0.25, -0.2) is 0 Å². The number of nitrogens with one attached hydrogen (secondary N) is 1. The molecule has 0 fully saturated rings. The molecule has 1 unspecified atom stereocenters. The van der Waals surface area contributed by atoms with Crippen molar-refractivity contribution in [3.05, 3.63) is 5.28 Å². The minimum absolute atomic E-state index is 0.00970. The van der Waals surface area contributed by atoms with Crippen molar-refractivity contribution >= 4 is 23.5 Å². The van der Waals surface area contributed by atoms with Crippen LogP contribution in [-0.2, 0) is 4.79 Å². The van der Waals surface area contributed by atoms with Crippen LogP contribution < -0.4 is 10.1 Å². The predicted molar refractivity (Wildman–Crippen MR) is 61.3 cm³/mol. The van der Waals surface area contributed by atoms with E-state index < -0.39 is 5.97 Å². The number of aliphatic carboxylic acids is 1. The fourth-order valence-corrected chi connectivity index (χ4v) is 1.33. The highest BCUT2D eigenvalue weighted by atomic mass is 35.5. The maximum Gasteiger partial charge on any atom is 0.322 e. The van der Waals surface area contributed by atoms with Gasteiger partial charge in [0.2, 0.25) is 11.2 Å². The average Bonchev–Trinajstić information content (AvgIpc) is 2.26. The highest BCUT2D eigenvalue weighted by Crippen LogP contribution is 2.13. The van der Waals surface area contributed by atoms with Gasteiger partial charge in [-0.05, 0) is 18.0 Å². The van der Waals surface area contributed by atoms with Crippen LogP contribution in [0.5, 0.6) is 6.01 Å². The first-order chi connectivity index (χ1) is 8.05. The number of hydrogen-bond acceptors (Lipinski definition) is 6. The van der Waals surface area contributed by atoms with Gasteiger partial charge in [0.05, 0.1) is 13.5 Å². The molecule has 0 aliphatic carbocycles. The lowest BCUT2D eigenvalue weighted by molar-refractivity contribution is -0.137. The SMILES string of the molecule is CCC(CC(=O)O)Nc1nc(Cl)nc(OC)n1. The van der Waals surface area contributed by atoms with Gasteiger partial charge in [-0.15, -0.1) is 0 Å². The summed E-state index contributed by atoms with van der Waals surface area (Å²) in [7, 11) is 1.41. The number of hydrogen-bond donors (Lipinski definition) is 2. The molecule has 0 aromatic carbocycles. The summed E-state index contributed by atoms with van der Waals surface area (Å²) in [6, 6.07) is -0.187. The van der Waals surface area contributed by atoms with Crippen molar-refractivity contribution in [2.24, 2.45) is 0 Å². The van der Waals surface area contributed by atoms with E-state index in [1.165, 1.54) is 7.11 Å². The van der Waals surface area contributed by atoms with E-state index in [9.17, 15) is 4.79 Å². The van der Waals surface area contributed by atoms with Crippen LogP contribution in [0.15, 0.2) is 0 Å². The average molecular weight is 261 g/mol. The van der Waals surface area contributed by atoms with Crippen molar-refractivity contribution < 1.29 is 14.6 Å². The quantitative estimate of drug-likeness (QED) is 0.793. The Morgan fingerprint density at radius 2 is 2.24 bits per heavy atom. The van der Waals surface area contributed by atoms with Crippen LogP contribution in [0.25, 0.3) is 0 Å². The summed E-state index contributed by atoms with van der Waals surface area (Å²) in [6.45, 7) is 1.86. The molecule has 0 spiro atoms. The van der Waals surface area contributed by atoms with Gasteiger partial charge in [0.1, 0.15) is 0 Å². The van der Waals surface area contributed by atoms with Crippen LogP contribution >= 0.6 is 11.6 Å². The Kier molecular flexibility index (Phi) is 4.89. The standard InChI is InChI=1S/C9H13ClN4O3/c1-3-5(4-6(15)16)11-8-12-7(10)13-9(14-8)17-2/h5H,3-4H2,1-2H3,(H,15,16)(H,11,12,13,14). The molecule has 0 aliphatic heterocycles. The number of halogens is 1. The molecule has 94 valence electrons. The number of anilines is 1. The number of nitrogens with zero attached hydrogens (tertiary/aromatic N) is 3.